The van der Waals surface area contributed by atoms with Gasteiger partial charge in [-0.1, -0.05) is 30.3 Å². The van der Waals surface area contributed by atoms with E-state index in [2.05, 4.69) is 28.6 Å². The van der Waals surface area contributed by atoms with Crippen LogP contribution < -0.4 is 5.32 Å². The van der Waals surface area contributed by atoms with Crippen molar-refractivity contribution in [2.75, 3.05) is 6.54 Å². The second kappa shape index (κ2) is 7.76. The van der Waals surface area contributed by atoms with Crippen LogP contribution in [0.4, 0.5) is 0 Å². The quantitative estimate of drug-likeness (QED) is 0.497. The smallest absolute Gasteiger partial charge is 0.268 e. The first-order valence-corrected chi connectivity index (χ1v) is 9.52. The molecule has 4 rings (SSSR count). The molecule has 0 aliphatic rings. The lowest BCUT2D eigenvalue weighted by atomic mass is 10.2. The molecule has 1 aromatic carbocycles. The second-order valence-corrected chi connectivity index (χ2v) is 7.03. The van der Waals surface area contributed by atoms with Gasteiger partial charge in [-0.3, -0.25) is 9.48 Å². The van der Waals surface area contributed by atoms with Gasteiger partial charge in [-0.15, -0.1) is 0 Å². The molecule has 3 heterocycles. The Labute approximate surface area is 163 Å². The number of aromatic nitrogens is 3. The summed E-state index contributed by atoms with van der Waals surface area (Å²) >= 11 is 0. The van der Waals surface area contributed by atoms with Gasteiger partial charge in [-0.25, -0.2) is 0 Å². The number of hydrogen-bond donors (Lipinski definition) is 1. The Morgan fingerprint density at radius 2 is 1.96 bits per heavy atom. The lowest BCUT2D eigenvalue weighted by molar-refractivity contribution is 0.0944. The van der Waals surface area contributed by atoms with Gasteiger partial charge in [0.25, 0.3) is 5.91 Å². The van der Waals surface area contributed by atoms with E-state index in [0.717, 1.165) is 41.0 Å². The molecule has 0 saturated carbocycles. The first-order valence-electron chi connectivity index (χ1n) is 9.52. The predicted octanol–water partition coefficient (Wildman–Crippen LogP) is 3.92. The molecule has 0 unspecified atom stereocenters. The summed E-state index contributed by atoms with van der Waals surface area (Å²) in [6.45, 7) is 6.03. The van der Waals surface area contributed by atoms with Crippen LogP contribution in [0.5, 0.6) is 0 Å². The number of aryl methyl sites for hydroxylation is 3. The third kappa shape index (κ3) is 3.71. The third-order valence-corrected chi connectivity index (χ3v) is 4.87. The van der Waals surface area contributed by atoms with Gasteiger partial charge < -0.3 is 14.3 Å². The van der Waals surface area contributed by atoms with Gasteiger partial charge in [0.05, 0.1) is 17.5 Å². The van der Waals surface area contributed by atoms with Gasteiger partial charge in [0.1, 0.15) is 5.69 Å². The fourth-order valence-corrected chi connectivity index (χ4v) is 3.52. The minimum absolute atomic E-state index is 0.0873. The Hall–Kier alpha value is -3.28. The SMILES string of the molecule is Cc1cc(C)n(CCCNC(=O)c2cc3occc3n2Cc2ccccc2)n1. The fraction of sp³-hybridized carbons (Fsp3) is 0.273. The van der Waals surface area contributed by atoms with Gasteiger partial charge in [0.15, 0.2) is 5.58 Å². The standard InChI is InChI=1S/C22H24N4O2/c1-16-13-17(2)26(24-16)11-6-10-23-22(27)20-14-21-19(9-12-28-21)25(20)15-18-7-4-3-5-8-18/h3-5,7-9,12-14H,6,10-11,15H2,1-2H3,(H,23,27). The number of nitrogens with one attached hydrogen (secondary N) is 1. The Balaban J connectivity index is 1.44. The van der Waals surface area contributed by atoms with Crippen molar-refractivity contribution >= 4 is 17.0 Å². The number of furan rings is 1. The molecule has 1 N–H and O–H groups in total. The van der Waals surface area contributed by atoms with E-state index in [0.29, 0.717) is 18.8 Å². The van der Waals surface area contributed by atoms with E-state index in [-0.39, 0.29) is 5.91 Å². The number of fused-ring (bicyclic) bond motifs is 1. The molecule has 0 aliphatic heterocycles. The molecule has 4 aromatic rings. The second-order valence-electron chi connectivity index (χ2n) is 7.03. The van der Waals surface area contributed by atoms with Crippen LogP contribution in [-0.2, 0) is 13.1 Å². The van der Waals surface area contributed by atoms with Gasteiger partial charge in [0.2, 0.25) is 0 Å². The average molecular weight is 376 g/mol. The average Bonchev–Trinajstić information content (AvgIpc) is 3.36. The maximum absolute atomic E-state index is 12.8. The van der Waals surface area contributed by atoms with Crippen LogP contribution in [0.3, 0.4) is 0 Å². The van der Waals surface area contributed by atoms with E-state index in [1.165, 1.54) is 0 Å². The molecule has 0 fully saturated rings. The Morgan fingerprint density at radius 3 is 2.71 bits per heavy atom. The molecule has 0 radical (unpaired) electrons. The topological polar surface area (TPSA) is 65.0 Å². The van der Waals surface area contributed by atoms with Gasteiger partial charge >= 0.3 is 0 Å². The molecule has 0 saturated heterocycles. The molecule has 0 atom stereocenters. The fourth-order valence-electron chi connectivity index (χ4n) is 3.52. The lowest BCUT2D eigenvalue weighted by Crippen LogP contribution is -2.27. The summed E-state index contributed by atoms with van der Waals surface area (Å²) in [5.41, 5.74) is 5.56. The number of amides is 1. The highest BCUT2D eigenvalue weighted by Crippen LogP contribution is 2.22. The predicted molar refractivity (Wildman–Crippen MR) is 108 cm³/mol. The largest absolute Gasteiger partial charge is 0.463 e. The van der Waals surface area contributed by atoms with E-state index in [4.69, 9.17) is 4.42 Å². The summed E-state index contributed by atoms with van der Waals surface area (Å²) in [4.78, 5) is 12.8. The van der Waals surface area contributed by atoms with E-state index in [1.807, 2.05) is 53.4 Å². The zero-order chi connectivity index (χ0) is 19.5. The summed E-state index contributed by atoms with van der Waals surface area (Å²) in [5, 5.41) is 7.49. The molecule has 28 heavy (non-hydrogen) atoms. The lowest BCUT2D eigenvalue weighted by Gasteiger charge is -2.11. The van der Waals surface area contributed by atoms with E-state index < -0.39 is 0 Å². The highest BCUT2D eigenvalue weighted by atomic mass is 16.3. The number of rotatable bonds is 7. The highest BCUT2D eigenvalue weighted by molar-refractivity contribution is 5.97. The zero-order valence-corrected chi connectivity index (χ0v) is 16.2. The third-order valence-electron chi connectivity index (χ3n) is 4.87. The van der Waals surface area contributed by atoms with Crippen molar-refractivity contribution in [2.45, 2.75) is 33.4 Å². The van der Waals surface area contributed by atoms with Crippen molar-refractivity contribution in [1.82, 2.24) is 19.7 Å². The van der Waals surface area contributed by atoms with E-state index in [1.54, 1.807) is 6.26 Å². The summed E-state index contributed by atoms with van der Waals surface area (Å²) in [6, 6.07) is 15.9. The van der Waals surface area contributed by atoms with Crippen molar-refractivity contribution in [3.63, 3.8) is 0 Å². The molecular formula is C22H24N4O2. The van der Waals surface area contributed by atoms with Crippen LogP contribution in [0.25, 0.3) is 11.1 Å². The molecule has 6 nitrogen and oxygen atoms in total. The molecule has 0 bridgehead atoms. The van der Waals surface area contributed by atoms with E-state index >= 15 is 0 Å². The molecule has 144 valence electrons. The van der Waals surface area contributed by atoms with Crippen molar-refractivity contribution in [1.29, 1.82) is 0 Å². The van der Waals surface area contributed by atoms with Crippen molar-refractivity contribution in [3.8, 4) is 0 Å². The van der Waals surface area contributed by atoms with Crippen LogP contribution in [0, 0.1) is 13.8 Å². The number of carbonyl (C=O) groups excluding carboxylic acids is 1. The minimum Gasteiger partial charge on any atom is -0.463 e. The highest BCUT2D eigenvalue weighted by Gasteiger charge is 2.17. The summed E-state index contributed by atoms with van der Waals surface area (Å²) in [5.74, 6) is -0.0873. The Kier molecular flexibility index (Phi) is 5.02. The normalized spacial score (nSPS) is 11.2. The minimum atomic E-state index is -0.0873. The molecule has 3 aromatic heterocycles. The van der Waals surface area contributed by atoms with Crippen LogP contribution in [0.1, 0.15) is 33.9 Å². The maximum atomic E-state index is 12.8. The summed E-state index contributed by atoms with van der Waals surface area (Å²) < 4.78 is 9.50. The van der Waals surface area contributed by atoms with Gasteiger partial charge in [-0.05, 0) is 31.9 Å². The van der Waals surface area contributed by atoms with E-state index in [9.17, 15) is 4.79 Å². The van der Waals surface area contributed by atoms with Gasteiger partial charge in [0, 0.05) is 37.5 Å². The summed E-state index contributed by atoms with van der Waals surface area (Å²) in [7, 11) is 0. The number of benzene rings is 1. The first kappa shape index (κ1) is 18.1. The zero-order valence-electron chi connectivity index (χ0n) is 16.2. The van der Waals surface area contributed by atoms with Crippen molar-refractivity contribution < 1.29 is 9.21 Å². The number of hydrogen-bond acceptors (Lipinski definition) is 3. The van der Waals surface area contributed by atoms with Crippen molar-refractivity contribution in [3.05, 3.63) is 77.4 Å². The molecular weight excluding hydrogens is 352 g/mol. The van der Waals surface area contributed by atoms with Gasteiger partial charge in [-0.2, -0.15) is 5.10 Å². The monoisotopic (exact) mass is 376 g/mol. The number of carbonyl (C=O) groups is 1. The Bertz CT molecular complexity index is 1090. The first-order chi connectivity index (χ1) is 13.6. The van der Waals surface area contributed by atoms with Crippen LogP contribution in [0.15, 0.2) is 59.2 Å². The van der Waals surface area contributed by atoms with Crippen LogP contribution >= 0.6 is 0 Å². The van der Waals surface area contributed by atoms with Crippen LogP contribution in [0.2, 0.25) is 0 Å². The molecule has 0 spiro atoms. The summed E-state index contributed by atoms with van der Waals surface area (Å²) in [6.07, 6.45) is 2.48. The molecule has 1 amide bonds. The maximum Gasteiger partial charge on any atom is 0.268 e. The molecule has 6 heteroatoms. The Morgan fingerprint density at radius 1 is 1.14 bits per heavy atom. The van der Waals surface area contributed by atoms with Crippen LogP contribution in [-0.4, -0.2) is 26.8 Å². The molecule has 0 aliphatic carbocycles. The number of nitrogens with zero attached hydrogens (tertiary/aromatic N) is 3. The van der Waals surface area contributed by atoms with Crippen molar-refractivity contribution in [2.24, 2.45) is 0 Å².